The van der Waals surface area contributed by atoms with Gasteiger partial charge >= 0.3 is 0 Å². The average Bonchev–Trinajstić information content (AvgIpc) is 3.51. The highest BCUT2D eigenvalue weighted by Gasteiger charge is 2.22. The van der Waals surface area contributed by atoms with Crippen LogP contribution in [0.1, 0.15) is 25.3 Å². The first kappa shape index (κ1) is 19.0. The van der Waals surface area contributed by atoms with Gasteiger partial charge in [0.25, 0.3) is 5.56 Å². The second-order valence-electron chi connectivity index (χ2n) is 7.39. The van der Waals surface area contributed by atoms with Crippen molar-refractivity contribution in [3.8, 4) is 16.4 Å². The lowest BCUT2D eigenvalue weighted by Gasteiger charge is -2.07. The van der Waals surface area contributed by atoms with Gasteiger partial charge < -0.3 is 4.74 Å². The predicted octanol–water partition coefficient (Wildman–Crippen LogP) is 4.43. The van der Waals surface area contributed by atoms with Crippen LogP contribution in [0.5, 0.6) is 0 Å². The summed E-state index contributed by atoms with van der Waals surface area (Å²) in [5, 5.41) is 3.91. The number of aromatic nitrogens is 3. The zero-order valence-electron chi connectivity index (χ0n) is 16.7. The molecule has 1 saturated heterocycles. The van der Waals surface area contributed by atoms with E-state index in [1.807, 2.05) is 61.5 Å². The summed E-state index contributed by atoms with van der Waals surface area (Å²) in [4.78, 5) is 22.8. The van der Waals surface area contributed by atoms with E-state index in [2.05, 4.69) is 10.1 Å². The lowest BCUT2D eigenvalue weighted by Crippen LogP contribution is -2.20. The van der Waals surface area contributed by atoms with Crippen LogP contribution in [0.4, 0.5) is 0 Å². The molecule has 0 radical (unpaired) electrons. The average molecular weight is 419 g/mol. The number of nitrogens with one attached hydrogen (secondary N) is 1. The number of ether oxygens (including phenoxy) is 1. The molecule has 1 aliphatic rings. The van der Waals surface area contributed by atoms with Crippen molar-refractivity contribution in [1.29, 1.82) is 0 Å². The molecular weight excluding hydrogens is 396 g/mol. The van der Waals surface area contributed by atoms with Gasteiger partial charge in [-0.2, -0.15) is 4.68 Å². The Kier molecular flexibility index (Phi) is 5.06. The van der Waals surface area contributed by atoms with Crippen molar-refractivity contribution in [1.82, 2.24) is 14.8 Å². The zero-order valence-corrected chi connectivity index (χ0v) is 17.5. The number of aromatic amines is 1. The van der Waals surface area contributed by atoms with Gasteiger partial charge in [-0.25, -0.2) is 4.98 Å². The second-order valence-corrected chi connectivity index (χ2v) is 8.40. The maximum atomic E-state index is 13.5. The molecule has 0 bridgehead atoms. The van der Waals surface area contributed by atoms with Gasteiger partial charge in [0, 0.05) is 17.9 Å². The quantitative estimate of drug-likeness (QED) is 0.487. The maximum Gasteiger partial charge on any atom is 0.283 e. The summed E-state index contributed by atoms with van der Waals surface area (Å²) in [6.07, 6.45) is 2.24. The fourth-order valence-electron chi connectivity index (χ4n) is 3.78. The van der Waals surface area contributed by atoms with E-state index in [0.29, 0.717) is 23.0 Å². The van der Waals surface area contributed by atoms with Gasteiger partial charge in [-0.3, -0.25) is 14.9 Å². The van der Waals surface area contributed by atoms with Gasteiger partial charge in [0.05, 0.1) is 34.1 Å². The van der Waals surface area contributed by atoms with Gasteiger partial charge in [0.1, 0.15) is 0 Å². The molecular formula is C23H22N4O2S. The topological polar surface area (TPSA) is 72.3 Å². The summed E-state index contributed by atoms with van der Waals surface area (Å²) in [5.41, 5.74) is 3.74. The largest absolute Gasteiger partial charge is 0.376 e. The van der Waals surface area contributed by atoms with Crippen molar-refractivity contribution in [3.05, 3.63) is 70.5 Å². The number of fused-ring (bicyclic) bond motifs is 1. The molecule has 2 aromatic heterocycles. The molecule has 1 fully saturated rings. The smallest absolute Gasteiger partial charge is 0.283 e. The molecule has 4 aromatic rings. The molecule has 0 saturated carbocycles. The molecule has 0 spiro atoms. The summed E-state index contributed by atoms with van der Waals surface area (Å²) in [6, 6.07) is 17.8. The number of benzene rings is 2. The summed E-state index contributed by atoms with van der Waals surface area (Å²) >= 11 is 1.49. The van der Waals surface area contributed by atoms with E-state index in [4.69, 9.17) is 9.73 Å². The Morgan fingerprint density at radius 2 is 2.03 bits per heavy atom. The maximum absolute atomic E-state index is 13.5. The number of aliphatic imine (C=N–C) groups is 1. The highest BCUT2D eigenvalue weighted by Crippen LogP contribution is 2.26. The molecule has 7 heteroatoms. The summed E-state index contributed by atoms with van der Waals surface area (Å²) < 4.78 is 8.26. The number of hydrogen-bond donors (Lipinski definition) is 1. The minimum atomic E-state index is -0.138. The Balaban J connectivity index is 1.62. The SMILES string of the molecule is CC(=NC[C@@H]1CCCO1)c1c(-c2ccccc2)[nH]n(-c2nc3ccccc3s2)c1=O. The number of rotatable bonds is 5. The van der Waals surface area contributed by atoms with Crippen LogP contribution in [0, 0.1) is 0 Å². The Morgan fingerprint density at radius 1 is 1.23 bits per heavy atom. The van der Waals surface area contributed by atoms with Crippen molar-refractivity contribution in [2.24, 2.45) is 4.99 Å². The lowest BCUT2D eigenvalue weighted by molar-refractivity contribution is 0.118. The van der Waals surface area contributed by atoms with Crippen LogP contribution in [-0.4, -0.2) is 39.7 Å². The molecule has 5 rings (SSSR count). The molecule has 2 aromatic carbocycles. The zero-order chi connectivity index (χ0) is 20.5. The van der Waals surface area contributed by atoms with Gasteiger partial charge in [0.15, 0.2) is 0 Å². The molecule has 0 amide bonds. The number of para-hydroxylation sites is 1. The first-order valence-electron chi connectivity index (χ1n) is 10.1. The van der Waals surface area contributed by atoms with E-state index in [-0.39, 0.29) is 11.7 Å². The Labute approximate surface area is 177 Å². The Bertz CT molecular complexity index is 1230. The normalized spacial score (nSPS) is 17.1. The van der Waals surface area contributed by atoms with Gasteiger partial charge in [-0.15, -0.1) is 0 Å². The highest BCUT2D eigenvalue weighted by molar-refractivity contribution is 7.20. The first-order valence-corrected chi connectivity index (χ1v) is 10.9. The summed E-state index contributed by atoms with van der Waals surface area (Å²) in [6.45, 7) is 3.27. The van der Waals surface area contributed by atoms with Crippen LogP contribution >= 0.6 is 11.3 Å². The summed E-state index contributed by atoms with van der Waals surface area (Å²) in [7, 11) is 0. The monoisotopic (exact) mass is 418 g/mol. The molecule has 152 valence electrons. The van der Waals surface area contributed by atoms with Crippen molar-refractivity contribution < 1.29 is 4.74 Å². The van der Waals surface area contributed by atoms with Crippen molar-refractivity contribution in [3.63, 3.8) is 0 Å². The molecule has 6 nitrogen and oxygen atoms in total. The van der Waals surface area contributed by atoms with Crippen LogP contribution in [0.25, 0.3) is 26.6 Å². The molecule has 1 atom stereocenters. The number of thiazole rings is 1. The van der Waals surface area contributed by atoms with Crippen LogP contribution in [0.2, 0.25) is 0 Å². The van der Waals surface area contributed by atoms with Crippen molar-refractivity contribution >= 4 is 27.3 Å². The minimum Gasteiger partial charge on any atom is -0.376 e. The molecule has 0 unspecified atom stereocenters. The molecule has 3 heterocycles. The first-order chi connectivity index (χ1) is 14.7. The fraction of sp³-hybridized carbons (Fsp3) is 0.261. The van der Waals surface area contributed by atoms with Crippen molar-refractivity contribution in [2.75, 3.05) is 13.2 Å². The van der Waals surface area contributed by atoms with E-state index in [0.717, 1.165) is 40.9 Å². The Morgan fingerprint density at radius 3 is 2.80 bits per heavy atom. The van der Waals surface area contributed by atoms with Crippen LogP contribution in [-0.2, 0) is 4.74 Å². The van der Waals surface area contributed by atoms with E-state index in [1.54, 1.807) is 0 Å². The minimum absolute atomic E-state index is 0.138. The number of H-pyrrole nitrogens is 1. The van der Waals surface area contributed by atoms with Gasteiger partial charge in [-0.1, -0.05) is 53.8 Å². The van der Waals surface area contributed by atoms with Crippen LogP contribution in [0.3, 0.4) is 0 Å². The third-order valence-corrected chi connectivity index (χ3v) is 6.37. The fourth-order valence-corrected chi connectivity index (χ4v) is 4.71. The highest BCUT2D eigenvalue weighted by atomic mass is 32.1. The van der Waals surface area contributed by atoms with Crippen LogP contribution in [0.15, 0.2) is 64.4 Å². The molecule has 1 N–H and O–H groups in total. The van der Waals surface area contributed by atoms with Crippen LogP contribution < -0.4 is 5.56 Å². The standard InChI is InChI=1S/C23H22N4O2S/c1-15(24-14-17-10-7-13-29-17)20-21(16-8-3-2-4-9-16)26-27(22(20)28)23-25-18-11-5-6-12-19(18)30-23/h2-6,8-9,11-12,17,26H,7,10,13-14H2,1H3/t17-/m0/s1. The van der Waals surface area contributed by atoms with E-state index >= 15 is 0 Å². The number of nitrogens with zero attached hydrogens (tertiary/aromatic N) is 3. The predicted molar refractivity (Wildman–Crippen MR) is 121 cm³/mol. The van der Waals surface area contributed by atoms with E-state index in [1.165, 1.54) is 16.0 Å². The molecule has 30 heavy (non-hydrogen) atoms. The van der Waals surface area contributed by atoms with Gasteiger partial charge in [-0.05, 0) is 31.9 Å². The third kappa shape index (κ3) is 3.51. The number of hydrogen-bond acceptors (Lipinski definition) is 5. The third-order valence-electron chi connectivity index (χ3n) is 5.34. The summed E-state index contributed by atoms with van der Waals surface area (Å²) in [5.74, 6) is 0. The molecule has 1 aliphatic heterocycles. The van der Waals surface area contributed by atoms with E-state index < -0.39 is 0 Å². The lowest BCUT2D eigenvalue weighted by atomic mass is 10.1. The van der Waals surface area contributed by atoms with E-state index in [9.17, 15) is 4.79 Å². The molecule has 0 aliphatic carbocycles. The van der Waals surface area contributed by atoms with Crippen molar-refractivity contribution in [2.45, 2.75) is 25.9 Å². The Hall–Kier alpha value is -3.03. The van der Waals surface area contributed by atoms with Gasteiger partial charge in [0.2, 0.25) is 5.13 Å². The second kappa shape index (κ2) is 8.01.